The standard InChI is InChI=1S/C15H21NO2/c1-7-8(2)13-10(4)11(5)16(12(6)17)14(13)15(18)9(7)3/h10-11,18H,1-6H3. The monoisotopic (exact) mass is 247 g/mol. The van der Waals surface area contributed by atoms with Crippen LogP contribution < -0.4 is 4.90 Å². The van der Waals surface area contributed by atoms with Gasteiger partial charge in [0, 0.05) is 18.9 Å². The fourth-order valence-electron chi connectivity index (χ4n) is 3.06. The summed E-state index contributed by atoms with van der Waals surface area (Å²) in [7, 11) is 0. The van der Waals surface area contributed by atoms with Crippen molar-refractivity contribution in [2.75, 3.05) is 4.90 Å². The van der Waals surface area contributed by atoms with Crippen LogP contribution in [0.2, 0.25) is 0 Å². The van der Waals surface area contributed by atoms with Crippen molar-refractivity contribution in [1.29, 1.82) is 0 Å². The summed E-state index contributed by atoms with van der Waals surface area (Å²) in [4.78, 5) is 13.6. The van der Waals surface area contributed by atoms with Gasteiger partial charge < -0.3 is 10.0 Å². The van der Waals surface area contributed by atoms with Crippen molar-refractivity contribution in [2.24, 2.45) is 0 Å². The van der Waals surface area contributed by atoms with Crippen LogP contribution in [0.3, 0.4) is 0 Å². The Morgan fingerprint density at radius 1 is 1.11 bits per heavy atom. The SMILES string of the molecule is CC(=O)N1c2c(O)c(C)c(C)c(C)c2C(C)C1C. The van der Waals surface area contributed by atoms with Crippen molar-refractivity contribution in [3.63, 3.8) is 0 Å². The molecule has 0 aromatic heterocycles. The molecule has 1 aliphatic heterocycles. The van der Waals surface area contributed by atoms with Gasteiger partial charge in [0.2, 0.25) is 5.91 Å². The van der Waals surface area contributed by atoms with Crippen LogP contribution in [-0.4, -0.2) is 17.1 Å². The van der Waals surface area contributed by atoms with E-state index in [1.54, 1.807) is 11.8 Å². The molecule has 1 aromatic rings. The van der Waals surface area contributed by atoms with E-state index >= 15 is 0 Å². The van der Waals surface area contributed by atoms with Gasteiger partial charge in [0.15, 0.2) is 0 Å². The minimum atomic E-state index is -0.00828. The minimum Gasteiger partial charge on any atom is -0.505 e. The van der Waals surface area contributed by atoms with Gasteiger partial charge in [0.1, 0.15) is 5.75 Å². The Bertz CT molecular complexity index is 534. The van der Waals surface area contributed by atoms with Gasteiger partial charge >= 0.3 is 0 Å². The highest BCUT2D eigenvalue weighted by Crippen LogP contribution is 2.50. The number of nitrogens with zero attached hydrogens (tertiary/aromatic N) is 1. The highest BCUT2D eigenvalue weighted by Gasteiger charge is 2.39. The molecule has 1 amide bonds. The maximum Gasteiger partial charge on any atom is 0.224 e. The normalized spacial score (nSPS) is 22.2. The van der Waals surface area contributed by atoms with Crippen LogP contribution in [0.5, 0.6) is 5.75 Å². The largest absolute Gasteiger partial charge is 0.505 e. The van der Waals surface area contributed by atoms with Gasteiger partial charge in [0.25, 0.3) is 0 Å². The van der Waals surface area contributed by atoms with Gasteiger partial charge in [-0.2, -0.15) is 0 Å². The Morgan fingerprint density at radius 2 is 1.67 bits per heavy atom. The molecule has 2 atom stereocenters. The van der Waals surface area contributed by atoms with Gasteiger partial charge in [0.05, 0.1) is 5.69 Å². The molecule has 0 spiro atoms. The smallest absolute Gasteiger partial charge is 0.224 e. The summed E-state index contributed by atoms with van der Waals surface area (Å²) >= 11 is 0. The molecule has 18 heavy (non-hydrogen) atoms. The zero-order chi connectivity index (χ0) is 13.8. The van der Waals surface area contributed by atoms with Crippen molar-refractivity contribution >= 4 is 11.6 Å². The van der Waals surface area contributed by atoms with Crippen LogP contribution >= 0.6 is 0 Å². The molecule has 1 aromatic carbocycles. The second-order valence-electron chi connectivity index (χ2n) is 5.40. The number of hydrogen-bond acceptors (Lipinski definition) is 2. The fourth-order valence-corrected chi connectivity index (χ4v) is 3.06. The maximum absolute atomic E-state index is 11.8. The van der Waals surface area contributed by atoms with Gasteiger partial charge in [-0.1, -0.05) is 6.92 Å². The van der Waals surface area contributed by atoms with E-state index in [2.05, 4.69) is 13.8 Å². The first-order valence-corrected chi connectivity index (χ1v) is 6.41. The van der Waals surface area contributed by atoms with Crippen molar-refractivity contribution in [3.8, 4) is 5.75 Å². The number of phenols is 1. The Kier molecular flexibility index (Phi) is 2.88. The molecule has 98 valence electrons. The van der Waals surface area contributed by atoms with Crippen LogP contribution in [0.4, 0.5) is 5.69 Å². The number of aromatic hydroxyl groups is 1. The number of carbonyl (C=O) groups excluding carboxylic acids is 1. The van der Waals surface area contributed by atoms with E-state index < -0.39 is 0 Å². The predicted molar refractivity (Wildman–Crippen MR) is 73.4 cm³/mol. The minimum absolute atomic E-state index is 0.00828. The average molecular weight is 247 g/mol. The van der Waals surface area contributed by atoms with E-state index in [0.29, 0.717) is 0 Å². The van der Waals surface area contributed by atoms with E-state index in [4.69, 9.17) is 0 Å². The number of rotatable bonds is 0. The maximum atomic E-state index is 11.8. The third-order valence-corrected chi connectivity index (χ3v) is 4.53. The lowest BCUT2D eigenvalue weighted by atomic mass is 9.89. The summed E-state index contributed by atoms with van der Waals surface area (Å²) in [6, 6.07) is 0.100. The third-order valence-electron chi connectivity index (χ3n) is 4.53. The molecule has 2 rings (SSSR count). The zero-order valence-corrected chi connectivity index (χ0v) is 12.0. The second-order valence-corrected chi connectivity index (χ2v) is 5.40. The molecule has 0 saturated carbocycles. The van der Waals surface area contributed by atoms with E-state index in [0.717, 1.165) is 22.4 Å². The molecule has 3 heteroatoms. The highest BCUT2D eigenvalue weighted by molar-refractivity contribution is 5.97. The number of hydrogen-bond donors (Lipinski definition) is 1. The first kappa shape index (κ1) is 12.9. The molecule has 1 aliphatic rings. The lowest BCUT2D eigenvalue weighted by Gasteiger charge is -2.23. The third kappa shape index (κ3) is 1.46. The summed E-state index contributed by atoms with van der Waals surface area (Å²) in [6.45, 7) is 11.7. The Morgan fingerprint density at radius 3 is 2.17 bits per heavy atom. The van der Waals surface area contributed by atoms with Gasteiger partial charge in [-0.25, -0.2) is 0 Å². The highest BCUT2D eigenvalue weighted by atomic mass is 16.3. The van der Waals surface area contributed by atoms with Crippen LogP contribution in [0.25, 0.3) is 0 Å². The lowest BCUT2D eigenvalue weighted by Crippen LogP contribution is -2.34. The summed E-state index contributed by atoms with van der Waals surface area (Å²) in [5, 5.41) is 10.4. The number of phenolic OH excluding ortho intramolecular Hbond substituents is 1. The number of fused-ring (bicyclic) bond motifs is 1. The van der Waals surface area contributed by atoms with Crippen LogP contribution in [0, 0.1) is 20.8 Å². The number of carbonyl (C=O) groups is 1. The zero-order valence-electron chi connectivity index (χ0n) is 12.0. The predicted octanol–water partition coefficient (Wildman–Crippen LogP) is 3.18. The fraction of sp³-hybridized carbons (Fsp3) is 0.533. The average Bonchev–Trinajstić information content (AvgIpc) is 2.57. The molecule has 3 nitrogen and oxygen atoms in total. The molecule has 0 bridgehead atoms. The quantitative estimate of drug-likeness (QED) is 0.765. The molecule has 1 heterocycles. The number of amides is 1. The van der Waals surface area contributed by atoms with Gasteiger partial charge in [-0.05, 0) is 49.9 Å². The van der Waals surface area contributed by atoms with Gasteiger partial charge in [-0.3, -0.25) is 4.79 Å². The Balaban J connectivity index is 2.82. The summed E-state index contributed by atoms with van der Waals surface area (Å²) in [5.74, 6) is 0.514. The summed E-state index contributed by atoms with van der Waals surface area (Å²) < 4.78 is 0. The van der Waals surface area contributed by atoms with Gasteiger partial charge in [-0.15, -0.1) is 0 Å². The van der Waals surface area contributed by atoms with Crippen molar-refractivity contribution in [2.45, 2.75) is 53.5 Å². The van der Waals surface area contributed by atoms with Crippen LogP contribution in [0.1, 0.15) is 48.9 Å². The summed E-state index contributed by atoms with van der Waals surface area (Å²) in [6.07, 6.45) is 0. The van der Waals surface area contributed by atoms with E-state index in [1.807, 2.05) is 20.8 Å². The second kappa shape index (κ2) is 4.01. The van der Waals surface area contributed by atoms with Crippen molar-refractivity contribution in [1.82, 2.24) is 0 Å². The Hall–Kier alpha value is -1.51. The van der Waals surface area contributed by atoms with Crippen LogP contribution in [0.15, 0.2) is 0 Å². The van der Waals surface area contributed by atoms with E-state index in [9.17, 15) is 9.90 Å². The molecule has 0 radical (unpaired) electrons. The van der Waals surface area contributed by atoms with E-state index in [-0.39, 0.29) is 23.6 Å². The Labute approximate surface area is 108 Å². The molecule has 0 saturated heterocycles. The number of anilines is 1. The molecular formula is C15H21NO2. The topological polar surface area (TPSA) is 40.5 Å². The molecule has 1 N–H and O–H groups in total. The first-order valence-electron chi connectivity index (χ1n) is 6.41. The summed E-state index contributed by atoms with van der Waals surface area (Å²) in [5.41, 5.74) is 5.04. The van der Waals surface area contributed by atoms with E-state index in [1.165, 1.54) is 5.56 Å². The van der Waals surface area contributed by atoms with Crippen molar-refractivity contribution < 1.29 is 9.90 Å². The van der Waals surface area contributed by atoms with Crippen LogP contribution in [-0.2, 0) is 4.79 Å². The lowest BCUT2D eigenvalue weighted by molar-refractivity contribution is -0.116. The van der Waals surface area contributed by atoms with Crippen molar-refractivity contribution in [3.05, 3.63) is 22.3 Å². The molecular weight excluding hydrogens is 226 g/mol. The number of benzene rings is 1. The first-order chi connectivity index (χ1) is 8.29. The molecule has 0 aliphatic carbocycles. The molecule has 2 unspecified atom stereocenters. The molecule has 0 fully saturated rings.